The molecule has 0 bridgehead atoms. The minimum atomic E-state index is 0.127. The maximum atomic E-state index is 9.32. The smallest absolute Gasteiger partial charge is 0.227 e. The van der Waals surface area contributed by atoms with Crippen LogP contribution >= 0.6 is 0 Å². The minimum absolute atomic E-state index is 0.127. The van der Waals surface area contributed by atoms with Gasteiger partial charge in [0.15, 0.2) is 0 Å². The van der Waals surface area contributed by atoms with Gasteiger partial charge >= 0.3 is 0 Å². The monoisotopic (exact) mass is 418 g/mol. The predicted octanol–water partition coefficient (Wildman–Crippen LogP) is 3.80. The minimum Gasteiger partial charge on any atom is -0.377 e. The summed E-state index contributed by atoms with van der Waals surface area (Å²) in [5.74, 6) is 1.04. The first-order valence-corrected chi connectivity index (χ1v) is 10.9. The topological polar surface area (TPSA) is 106 Å². The summed E-state index contributed by atoms with van der Waals surface area (Å²) in [5, 5.41) is 21.6. The van der Waals surface area contributed by atoms with Gasteiger partial charge in [0.05, 0.1) is 61.6 Å². The van der Waals surface area contributed by atoms with E-state index in [1.807, 2.05) is 41.1 Å². The second kappa shape index (κ2) is 8.47. The van der Waals surface area contributed by atoms with E-state index < -0.39 is 0 Å². The molecule has 4 heterocycles. The third-order valence-corrected chi connectivity index (χ3v) is 6.28. The molecule has 0 unspecified atom stereocenters. The molecule has 1 N–H and O–H groups in total. The van der Waals surface area contributed by atoms with Gasteiger partial charge < -0.3 is 10.1 Å². The van der Waals surface area contributed by atoms with Crippen LogP contribution in [0, 0.1) is 24.2 Å². The summed E-state index contributed by atoms with van der Waals surface area (Å²) in [4.78, 5) is 9.17. The number of nitrogens with one attached hydrogen (secondary N) is 1. The molecule has 2 aliphatic rings. The third-order valence-electron chi connectivity index (χ3n) is 6.28. The fraction of sp³-hybridized carbons (Fsp3) is 0.500. The lowest BCUT2D eigenvalue weighted by molar-refractivity contribution is -0.0286. The summed E-state index contributed by atoms with van der Waals surface area (Å²) in [5.41, 5.74) is 3.59. The normalized spacial score (nSPS) is 17.9. The molecule has 1 saturated carbocycles. The van der Waals surface area contributed by atoms with Gasteiger partial charge in [0.2, 0.25) is 5.95 Å². The summed E-state index contributed by atoms with van der Waals surface area (Å²) in [6.07, 6.45) is 14.7. The van der Waals surface area contributed by atoms with Crippen molar-refractivity contribution in [3.8, 4) is 17.3 Å². The average molecular weight is 419 g/mol. The zero-order valence-electron chi connectivity index (χ0n) is 17.6. The molecule has 0 radical (unpaired) electrons. The zero-order chi connectivity index (χ0) is 21.2. The Bertz CT molecular complexity index is 1090. The standard InChI is InChI=1S/C22H26N8O/c1-15-8-24-22(27-18-10-26-29(12-18)19-13-31-14-19)28-21(15)17-9-25-30(11-17)20(6-7-23)16-4-2-3-5-16/h8-12,16,19-20H,2-6,13-14H2,1H3,(H,24,27,28)/t20-/m1/s1. The Kier molecular flexibility index (Phi) is 5.38. The molecule has 1 saturated heterocycles. The molecule has 0 amide bonds. The summed E-state index contributed by atoms with van der Waals surface area (Å²) >= 11 is 0. The number of aromatic nitrogens is 6. The van der Waals surface area contributed by atoms with Gasteiger partial charge in [-0.15, -0.1) is 0 Å². The highest BCUT2D eigenvalue weighted by molar-refractivity contribution is 5.63. The van der Waals surface area contributed by atoms with Crippen molar-refractivity contribution in [1.29, 1.82) is 5.26 Å². The van der Waals surface area contributed by atoms with Crippen LogP contribution in [-0.2, 0) is 4.74 Å². The molecule has 1 aliphatic carbocycles. The van der Waals surface area contributed by atoms with Crippen LogP contribution < -0.4 is 5.32 Å². The molecule has 3 aromatic heterocycles. The van der Waals surface area contributed by atoms with E-state index >= 15 is 0 Å². The van der Waals surface area contributed by atoms with Crippen LogP contribution in [0.15, 0.2) is 31.0 Å². The first-order valence-electron chi connectivity index (χ1n) is 10.9. The Hall–Kier alpha value is -3.25. The van der Waals surface area contributed by atoms with E-state index in [9.17, 15) is 5.26 Å². The molecule has 1 aliphatic heterocycles. The Morgan fingerprint density at radius 1 is 1.19 bits per heavy atom. The lowest BCUT2D eigenvalue weighted by Gasteiger charge is -2.25. The second-order valence-corrected chi connectivity index (χ2v) is 8.43. The largest absolute Gasteiger partial charge is 0.377 e. The van der Waals surface area contributed by atoms with E-state index in [1.165, 1.54) is 25.7 Å². The molecule has 9 heteroatoms. The van der Waals surface area contributed by atoms with E-state index in [0.29, 0.717) is 37.5 Å². The van der Waals surface area contributed by atoms with Gasteiger partial charge in [-0.05, 0) is 31.2 Å². The summed E-state index contributed by atoms with van der Waals surface area (Å²) in [7, 11) is 0. The fourth-order valence-corrected chi connectivity index (χ4v) is 4.46. The zero-order valence-corrected chi connectivity index (χ0v) is 17.6. The number of rotatable bonds is 7. The highest BCUT2D eigenvalue weighted by Crippen LogP contribution is 2.36. The van der Waals surface area contributed by atoms with E-state index in [2.05, 4.69) is 26.6 Å². The van der Waals surface area contributed by atoms with Crippen molar-refractivity contribution in [2.45, 2.75) is 51.1 Å². The Balaban J connectivity index is 1.36. The van der Waals surface area contributed by atoms with Crippen molar-refractivity contribution < 1.29 is 4.74 Å². The number of nitriles is 1. The van der Waals surface area contributed by atoms with E-state index in [0.717, 1.165) is 22.5 Å². The van der Waals surface area contributed by atoms with Crippen LogP contribution in [0.5, 0.6) is 0 Å². The first-order chi connectivity index (χ1) is 15.2. The van der Waals surface area contributed by atoms with Crippen molar-refractivity contribution >= 4 is 11.6 Å². The lowest BCUT2D eigenvalue weighted by Crippen LogP contribution is -2.30. The maximum absolute atomic E-state index is 9.32. The molecular formula is C22H26N8O. The van der Waals surface area contributed by atoms with Crippen molar-refractivity contribution in [2.75, 3.05) is 18.5 Å². The second-order valence-electron chi connectivity index (χ2n) is 8.43. The molecule has 160 valence electrons. The Morgan fingerprint density at radius 2 is 2.03 bits per heavy atom. The number of nitrogens with zero attached hydrogens (tertiary/aromatic N) is 7. The van der Waals surface area contributed by atoms with Crippen LogP contribution in [0.4, 0.5) is 11.6 Å². The number of hydrogen-bond donors (Lipinski definition) is 1. The van der Waals surface area contributed by atoms with Gasteiger partial charge in [-0.2, -0.15) is 15.5 Å². The lowest BCUT2D eigenvalue weighted by atomic mass is 9.96. The average Bonchev–Trinajstić information content (AvgIpc) is 3.49. The first kappa shape index (κ1) is 19.7. The van der Waals surface area contributed by atoms with E-state index in [1.54, 1.807) is 6.20 Å². The molecule has 5 rings (SSSR count). The van der Waals surface area contributed by atoms with Gasteiger partial charge in [-0.25, -0.2) is 9.97 Å². The molecule has 9 nitrogen and oxygen atoms in total. The Morgan fingerprint density at radius 3 is 2.77 bits per heavy atom. The molecule has 0 spiro atoms. The van der Waals surface area contributed by atoms with Crippen molar-refractivity contribution in [1.82, 2.24) is 29.5 Å². The van der Waals surface area contributed by atoms with Gasteiger partial charge in [-0.1, -0.05) is 12.8 Å². The van der Waals surface area contributed by atoms with Gasteiger partial charge in [0, 0.05) is 24.2 Å². The highest BCUT2D eigenvalue weighted by atomic mass is 16.5. The number of hydrogen-bond acceptors (Lipinski definition) is 7. The maximum Gasteiger partial charge on any atom is 0.227 e. The van der Waals surface area contributed by atoms with Crippen LogP contribution in [0.3, 0.4) is 0 Å². The van der Waals surface area contributed by atoms with Crippen LogP contribution in [0.2, 0.25) is 0 Å². The predicted molar refractivity (Wildman–Crippen MR) is 115 cm³/mol. The molecule has 2 fully saturated rings. The molecule has 3 aromatic rings. The molecular weight excluding hydrogens is 392 g/mol. The van der Waals surface area contributed by atoms with Crippen molar-refractivity contribution in [3.05, 3.63) is 36.5 Å². The number of ether oxygens (including phenoxy) is 1. The molecule has 1 atom stereocenters. The summed E-state index contributed by atoms with van der Waals surface area (Å²) in [6.45, 7) is 3.39. The Labute approximate surface area is 181 Å². The van der Waals surface area contributed by atoms with Gasteiger partial charge in [-0.3, -0.25) is 9.36 Å². The highest BCUT2D eigenvalue weighted by Gasteiger charge is 2.27. The number of aryl methyl sites for hydroxylation is 1. The van der Waals surface area contributed by atoms with Crippen molar-refractivity contribution in [2.24, 2.45) is 5.92 Å². The number of anilines is 2. The van der Waals surface area contributed by atoms with Crippen LogP contribution in [0.25, 0.3) is 11.3 Å². The van der Waals surface area contributed by atoms with E-state index in [4.69, 9.17) is 9.72 Å². The summed E-state index contributed by atoms with van der Waals surface area (Å²) in [6, 6.07) is 2.78. The SMILES string of the molecule is Cc1cnc(Nc2cnn(C3COC3)c2)nc1-c1cnn([C@H](CC#N)C2CCCC2)c1. The third kappa shape index (κ3) is 4.03. The van der Waals surface area contributed by atoms with Crippen LogP contribution in [-0.4, -0.2) is 42.7 Å². The molecule has 0 aromatic carbocycles. The fourth-order valence-electron chi connectivity index (χ4n) is 4.46. The summed E-state index contributed by atoms with van der Waals surface area (Å²) < 4.78 is 9.10. The van der Waals surface area contributed by atoms with Gasteiger partial charge in [0.1, 0.15) is 0 Å². The van der Waals surface area contributed by atoms with Crippen LogP contribution in [0.1, 0.15) is 49.8 Å². The molecule has 31 heavy (non-hydrogen) atoms. The van der Waals surface area contributed by atoms with Gasteiger partial charge in [0.25, 0.3) is 0 Å². The van der Waals surface area contributed by atoms with E-state index in [-0.39, 0.29) is 6.04 Å². The van der Waals surface area contributed by atoms with Crippen molar-refractivity contribution in [3.63, 3.8) is 0 Å². The quantitative estimate of drug-likeness (QED) is 0.622.